The zero-order chi connectivity index (χ0) is 46.0. The number of aromatic nitrogens is 2. The molecule has 0 atom stereocenters. The number of ether oxygens (including phenoxy) is 2. The van der Waals surface area contributed by atoms with Crippen LogP contribution in [0, 0.1) is 0 Å². The fraction of sp³-hybridized carbons (Fsp3) is 0.688. The van der Waals surface area contributed by atoms with Gasteiger partial charge in [-0.2, -0.15) is 96.6 Å². The molecule has 0 aliphatic rings. The van der Waals surface area contributed by atoms with E-state index in [-0.39, 0.29) is 42.8 Å². The Bertz CT molecular complexity index is 1650. The van der Waals surface area contributed by atoms with Gasteiger partial charge in [-0.3, -0.25) is 0 Å². The lowest BCUT2D eigenvalue weighted by atomic mass is 9.93. The summed E-state index contributed by atoms with van der Waals surface area (Å²) in [5.74, 6) is -56.1. The van der Waals surface area contributed by atoms with E-state index in [2.05, 4.69) is 9.97 Å². The van der Waals surface area contributed by atoms with Crippen molar-refractivity contribution in [3.8, 4) is 22.9 Å². The fourth-order valence-electron chi connectivity index (χ4n) is 4.92. The van der Waals surface area contributed by atoms with Crippen LogP contribution in [0.4, 0.5) is 96.6 Å². The average Bonchev–Trinajstić information content (AvgIpc) is 3.09. The molecule has 1 aromatic carbocycles. The van der Waals surface area contributed by atoms with E-state index in [1.165, 1.54) is 37.4 Å². The second-order valence-electron chi connectivity index (χ2n) is 13.9. The van der Waals surface area contributed by atoms with Crippen molar-refractivity contribution in [2.24, 2.45) is 0 Å². The van der Waals surface area contributed by atoms with Gasteiger partial charge in [0, 0.05) is 26.5 Å². The van der Waals surface area contributed by atoms with Crippen LogP contribution < -0.4 is 9.47 Å². The maximum atomic E-state index is 14.2. The maximum Gasteiger partial charge on any atom is 0.460 e. The van der Waals surface area contributed by atoms with Gasteiger partial charge in [0.15, 0.2) is 11.6 Å². The van der Waals surface area contributed by atoms with Crippen LogP contribution in [0.5, 0.6) is 11.5 Å². The number of halogens is 22. The summed E-state index contributed by atoms with van der Waals surface area (Å²) in [5.41, 5.74) is 0.397. The maximum absolute atomic E-state index is 14.2. The van der Waals surface area contributed by atoms with Crippen molar-refractivity contribution in [1.82, 2.24) is 9.97 Å². The molecule has 340 valence electrons. The van der Waals surface area contributed by atoms with E-state index in [9.17, 15) is 96.6 Å². The van der Waals surface area contributed by atoms with Crippen molar-refractivity contribution >= 4 is 8.07 Å². The van der Waals surface area contributed by atoms with E-state index in [1.807, 2.05) is 0 Å². The largest absolute Gasteiger partial charge is 0.494 e. The van der Waals surface area contributed by atoms with Crippen LogP contribution in [0.15, 0.2) is 36.7 Å². The van der Waals surface area contributed by atoms with Crippen LogP contribution in [0.3, 0.4) is 0 Å². The molecule has 0 saturated heterocycles. The van der Waals surface area contributed by atoms with Gasteiger partial charge < -0.3 is 9.47 Å². The molecular formula is C32H32F22N2O2Si. The van der Waals surface area contributed by atoms with Gasteiger partial charge in [0.05, 0.1) is 25.6 Å². The lowest BCUT2D eigenvalue weighted by Gasteiger charge is -2.40. The van der Waals surface area contributed by atoms with Crippen LogP contribution in [-0.4, -0.2) is 91.0 Å². The lowest BCUT2D eigenvalue weighted by molar-refractivity contribution is -0.439. The quantitative estimate of drug-likeness (QED) is 0.0670. The highest BCUT2D eigenvalue weighted by Crippen LogP contribution is 2.61. The van der Waals surface area contributed by atoms with E-state index in [0.717, 1.165) is 12.4 Å². The predicted molar refractivity (Wildman–Crippen MR) is 165 cm³/mol. The summed E-state index contributed by atoms with van der Waals surface area (Å²) in [6.07, 6.45) is -17.5. The van der Waals surface area contributed by atoms with Crippen molar-refractivity contribution in [2.75, 3.05) is 13.2 Å². The van der Waals surface area contributed by atoms with Crippen LogP contribution in [0.2, 0.25) is 25.2 Å². The van der Waals surface area contributed by atoms with Crippen molar-refractivity contribution in [2.45, 2.75) is 123 Å². The summed E-state index contributed by atoms with van der Waals surface area (Å²) in [6, 6.07) is 4.93. The molecule has 0 saturated carbocycles. The number of hydrogen-bond acceptors (Lipinski definition) is 4. The molecule has 27 heteroatoms. The Morgan fingerprint density at radius 1 is 0.441 bits per heavy atom. The van der Waals surface area contributed by atoms with Crippen LogP contribution in [0.25, 0.3) is 11.4 Å². The van der Waals surface area contributed by atoms with Crippen molar-refractivity contribution < 1.29 is 106 Å². The van der Waals surface area contributed by atoms with E-state index < -0.39 is 106 Å². The highest BCUT2D eigenvalue weighted by molar-refractivity contribution is 6.77. The minimum absolute atomic E-state index is 0.0184. The average molecular weight is 923 g/mol. The van der Waals surface area contributed by atoms with E-state index in [0.29, 0.717) is 5.56 Å². The van der Waals surface area contributed by atoms with Crippen molar-refractivity contribution in [3.63, 3.8) is 0 Å². The minimum Gasteiger partial charge on any atom is -0.494 e. The molecule has 0 bridgehead atoms. The van der Waals surface area contributed by atoms with Gasteiger partial charge in [-0.25, -0.2) is 9.97 Å². The fourth-order valence-corrected chi connectivity index (χ4v) is 7.37. The Labute approximate surface area is 320 Å². The molecule has 0 N–H and O–H groups in total. The number of hydrogen-bond donors (Lipinski definition) is 0. The Hall–Kier alpha value is -3.42. The molecule has 4 nitrogen and oxygen atoms in total. The first-order chi connectivity index (χ1) is 26.3. The molecule has 2 rings (SSSR count). The van der Waals surface area contributed by atoms with Crippen LogP contribution >= 0.6 is 0 Å². The normalized spacial score (nSPS) is 14.8. The van der Waals surface area contributed by atoms with Gasteiger partial charge in [0.1, 0.15) is 5.75 Å². The summed E-state index contributed by atoms with van der Waals surface area (Å²) in [4.78, 5) is 7.96. The summed E-state index contributed by atoms with van der Waals surface area (Å²) < 4.78 is 301. The summed E-state index contributed by atoms with van der Waals surface area (Å²) in [6.45, 7) is 2.17. The van der Waals surface area contributed by atoms with Crippen LogP contribution in [-0.2, 0) is 0 Å². The molecule has 0 unspecified atom stereocenters. The Morgan fingerprint density at radius 2 is 0.831 bits per heavy atom. The molecule has 2 aromatic rings. The molecule has 59 heavy (non-hydrogen) atoms. The Morgan fingerprint density at radius 3 is 1.31 bits per heavy atom. The summed E-state index contributed by atoms with van der Waals surface area (Å²) in [5, 5.41) is 0. The molecule has 0 radical (unpaired) electrons. The third kappa shape index (κ3) is 10.9. The third-order valence-corrected chi connectivity index (χ3v) is 12.0. The SMILES string of the molecule is C[Si](C)(CCCCOc1ccc(-c2ncc(OCCCCC(F)(F)C(F)(F)C(F)(F)C(F)(F)F)cn2)cc1)CCC(F)(F)C(F)(F)C(F)(F)C(F)(F)C(F)(F)C(F)(F)F. The zero-order valence-electron chi connectivity index (χ0n) is 30.1. The van der Waals surface area contributed by atoms with Gasteiger partial charge in [-0.1, -0.05) is 31.6 Å². The highest BCUT2D eigenvalue weighted by Gasteiger charge is 2.90. The Balaban J connectivity index is 1.83. The van der Waals surface area contributed by atoms with Crippen molar-refractivity contribution in [1.29, 1.82) is 0 Å². The van der Waals surface area contributed by atoms with Gasteiger partial charge in [0.25, 0.3) is 0 Å². The van der Waals surface area contributed by atoms with E-state index in [1.54, 1.807) is 0 Å². The first-order valence-corrected chi connectivity index (χ1v) is 20.1. The Kier molecular flexibility index (Phi) is 15.4. The summed E-state index contributed by atoms with van der Waals surface area (Å²) >= 11 is 0. The summed E-state index contributed by atoms with van der Waals surface area (Å²) in [7, 11) is -3.04. The number of alkyl halides is 22. The molecule has 0 spiro atoms. The van der Waals surface area contributed by atoms with Gasteiger partial charge in [-0.05, 0) is 43.5 Å². The number of benzene rings is 1. The van der Waals surface area contributed by atoms with E-state index in [4.69, 9.17) is 9.47 Å². The van der Waals surface area contributed by atoms with Crippen molar-refractivity contribution in [3.05, 3.63) is 36.7 Å². The smallest absolute Gasteiger partial charge is 0.460 e. The second-order valence-corrected chi connectivity index (χ2v) is 19.2. The molecule has 0 aliphatic carbocycles. The molecule has 0 amide bonds. The predicted octanol–water partition coefficient (Wildman–Crippen LogP) is 13.2. The standard InChI is InChI=1S/C32H32F22N2O2Si/c1-59(2,16-12-24(35,36)25(37,38)27(41,42)28(43,44)30(47,48)32(52,53)54)15-6-5-14-57-20-9-7-19(8-10-20)22-55-17-21(18-56-22)58-13-4-3-11-23(33,34)26(39,40)29(45,46)31(49,50)51/h7-10,17-18H,3-6,11-16H2,1-2H3. The number of rotatable bonds is 22. The van der Waals surface area contributed by atoms with Gasteiger partial charge >= 0.3 is 59.7 Å². The second kappa shape index (κ2) is 17.5. The molecule has 1 aromatic heterocycles. The lowest BCUT2D eigenvalue weighted by Crippen LogP contribution is -2.70. The molecule has 0 fully saturated rings. The molecule has 1 heterocycles. The van der Waals surface area contributed by atoms with Crippen LogP contribution in [0.1, 0.15) is 38.5 Å². The highest BCUT2D eigenvalue weighted by atomic mass is 28.3. The number of nitrogens with zero attached hydrogens (tertiary/aromatic N) is 2. The third-order valence-electron chi connectivity index (χ3n) is 8.74. The first-order valence-electron chi connectivity index (χ1n) is 16.7. The first kappa shape index (κ1) is 51.7. The molecular weight excluding hydrogens is 890 g/mol. The van der Waals surface area contributed by atoms with Gasteiger partial charge in [0.2, 0.25) is 0 Å². The monoisotopic (exact) mass is 922 g/mol. The zero-order valence-corrected chi connectivity index (χ0v) is 31.1. The van der Waals surface area contributed by atoms with Gasteiger partial charge in [-0.15, -0.1) is 0 Å². The number of unbranched alkanes of at least 4 members (excludes halogenated alkanes) is 2. The topological polar surface area (TPSA) is 44.2 Å². The minimum atomic E-state index is -7.95. The molecule has 0 aliphatic heterocycles. The van der Waals surface area contributed by atoms with E-state index >= 15 is 0 Å².